The van der Waals surface area contributed by atoms with Gasteiger partial charge in [0.15, 0.2) is 0 Å². The summed E-state index contributed by atoms with van der Waals surface area (Å²) in [5, 5.41) is 0. The Bertz CT molecular complexity index is 362. The largest absolute Gasteiger partial charge is 0.206 e. The molecule has 0 radical (unpaired) electrons. The average molecular weight is 192 g/mol. The Morgan fingerprint density at radius 2 is 1.93 bits per heavy atom. The van der Waals surface area contributed by atoms with E-state index in [1.165, 1.54) is 5.56 Å². The van der Waals surface area contributed by atoms with Crippen LogP contribution in [0.2, 0.25) is 0 Å². The van der Waals surface area contributed by atoms with Crippen LogP contribution in [-0.2, 0) is 0 Å². The highest BCUT2D eigenvalue weighted by molar-refractivity contribution is 5.63. The van der Waals surface area contributed by atoms with Gasteiger partial charge in [-0.2, -0.15) is 0 Å². The summed E-state index contributed by atoms with van der Waals surface area (Å²) in [6.07, 6.45) is 0. The second kappa shape index (κ2) is 3.95. The van der Waals surface area contributed by atoms with E-state index in [0.717, 1.165) is 11.1 Å². The van der Waals surface area contributed by atoms with Gasteiger partial charge < -0.3 is 0 Å². The molecule has 0 unspecified atom stereocenters. The zero-order chi connectivity index (χ0) is 10.9. The maximum absolute atomic E-state index is 13.5. The number of hydrogen-bond donors (Lipinski definition) is 0. The molecule has 0 aliphatic rings. The second-order valence-electron chi connectivity index (χ2n) is 4.12. The van der Waals surface area contributed by atoms with E-state index in [0.29, 0.717) is 11.5 Å². The van der Waals surface area contributed by atoms with Gasteiger partial charge in [-0.05, 0) is 48.6 Å². The van der Waals surface area contributed by atoms with Crippen molar-refractivity contribution >= 4 is 5.57 Å². The van der Waals surface area contributed by atoms with Crippen LogP contribution in [0.1, 0.15) is 43.4 Å². The maximum atomic E-state index is 13.5. The van der Waals surface area contributed by atoms with Crippen LogP contribution in [0.4, 0.5) is 4.39 Å². The molecule has 0 fully saturated rings. The molecule has 0 amide bonds. The summed E-state index contributed by atoms with van der Waals surface area (Å²) in [6, 6.07) is 3.51. The lowest BCUT2D eigenvalue weighted by Gasteiger charge is -2.13. The molecule has 0 aliphatic carbocycles. The van der Waals surface area contributed by atoms with E-state index in [1.807, 2.05) is 19.9 Å². The SMILES string of the molecule is C=C(C)c1cc(C(C)C)c(C)cc1F. The predicted molar refractivity (Wildman–Crippen MR) is 59.9 cm³/mol. The zero-order valence-electron chi connectivity index (χ0n) is 9.32. The van der Waals surface area contributed by atoms with Crippen LogP contribution >= 0.6 is 0 Å². The normalized spacial score (nSPS) is 10.7. The van der Waals surface area contributed by atoms with Gasteiger partial charge in [-0.1, -0.05) is 20.4 Å². The molecule has 0 atom stereocenters. The molecule has 14 heavy (non-hydrogen) atoms. The van der Waals surface area contributed by atoms with Crippen molar-refractivity contribution in [3.05, 3.63) is 41.2 Å². The van der Waals surface area contributed by atoms with E-state index in [1.54, 1.807) is 6.07 Å². The minimum Gasteiger partial charge on any atom is -0.206 e. The number of halogens is 1. The van der Waals surface area contributed by atoms with Gasteiger partial charge in [-0.15, -0.1) is 0 Å². The first-order valence-corrected chi connectivity index (χ1v) is 4.89. The van der Waals surface area contributed by atoms with Gasteiger partial charge in [0.25, 0.3) is 0 Å². The van der Waals surface area contributed by atoms with Gasteiger partial charge in [0.05, 0.1) is 0 Å². The average Bonchev–Trinajstić information content (AvgIpc) is 2.02. The molecule has 0 aliphatic heterocycles. The van der Waals surface area contributed by atoms with Crippen LogP contribution in [0.3, 0.4) is 0 Å². The molecule has 0 aromatic heterocycles. The molecule has 0 bridgehead atoms. The van der Waals surface area contributed by atoms with Gasteiger partial charge in [-0.25, -0.2) is 4.39 Å². The molecule has 1 aromatic carbocycles. The quantitative estimate of drug-likeness (QED) is 0.655. The molecule has 0 N–H and O–H groups in total. The number of allylic oxidation sites excluding steroid dienone is 1. The third-order valence-electron chi connectivity index (χ3n) is 2.44. The topological polar surface area (TPSA) is 0 Å². The lowest BCUT2D eigenvalue weighted by Crippen LogP contribution is -1.97. The Kier molecular flexibility index (Phi) is 3.10. The third-order valence-corrected chi connectivity index (χ3v) is 2.44. The molecular weight excluding hydrogens is 175 g/mol. The van der Waals surface area contributed by atoms with Gasteiger partial charge in [-0.3, -0.25) is 0 Å². The highest BCUT2D eigenvalue weighted by Gasteiger charge is 2.09. The number of rotatable bonds is 2. The molecule has 1 aromatic rings. The first-order valence-electron chi connectivity index (χ1n) is 4.89. The molecule has 0 saturated heterocycles. The van der Waals surface area contributed by atoms with Crippen LogP contribution in [0.5, 0.6) is 0 Å². The van der Waals surface area contributed by atoms with Gasteiger partial charge in [0, 0.05) is 5.56 Å². The maximum Gasteiger partial charge on any atom is 0.130 e. The summed E-state index contributed by atoms with van der Waals surface area (Å²) < 4.78 is 13.5. The molecule has 0 spiro atoms. The summed E-state index contributed by atoms with van der Waals surface area (Å²) in [4.78, 5) is 0. The predicted octanol–water partition coefficient (Wildman–Crippen LogP) is 4.29. The second-order valence-corrected chi connectivity index (χ2v) is 4.12. The van der Waals surface area contributed by atoms with Crippen LogP contribution in [0.25, 0.3) is 5.57 Å². The third kappa shape index (κ3) is 2.03. The van der Waals surface area contributed by atoms with Crippen LogP contribution in [0.15, 0.2) is 18.7 Å². The van der Waals surface area contributed by atoms with Crippen LogP contribution < -0.4 is 0 Å². The fourth-order valence-electron chi connectivity index (χ4n) is 1.64. The van der Waals surface area contributed by atoms with Crippen molar-refractivity contribution in [1.82, 2.24) is 0 Å². The summed E-state index contributed by atoms with van der Waals surface area (Å²) in [7, 11) is 0. The Morgan fingerprint density at radius 1 is 1.36 bits per heavy atom. The van der Waals surface area contributed by atoms with Crippen LogP contribution in [-0.4, -0.2) is 0 Å². The Hall–Kier alpha value is -1.11. The highest BCUT2D eigenvalue weighted by atomic mass is 19.1. The summed E-state index contributed by atoms with van der Waals surface area (Å²) in [6.45, 7) is 11.8. The van der Waals surface area contributed by atoms with E-state index in [9.17, 15) is 4.39 Å². The first kappa shape index (κ1) is 11.0. The minimum absolute atomic E-state index is 0.167. The van der Waals surface area contributed by atoms with Gasteiger partial charge >= 0.3 is 0 Å². The number of aryl methyl sites for hydroxylation is 1. The van der Waals surface area contributed by atoms with E-state index in [2.05, 4.69) is 20.4 Å². The lowest BCUT2D eigenvalue weighted by atomic mass is 9.94. The van der Waals surface area contributed by atoms with Crippen molar-refractivity contribution < 1.29 is 4.39 Å². The Balaban J connectivity index is 3.34. The standard InChI is InChI=1S/C13H17F/c1-8(2)11-7-12(9(3)4)13(14)6-10(11)5/h6-8H,3H2,1-2,4-5H3. The summed E-state index contributed by atoms with van der Waals surface area (Å²) in [5.41, 5.74) is 3.63. The minimum atomic E-state index is -0.167. The fourth-order valence-corrected chi connectivity index (χ4v) is 1.64. The number of benzene rings is 1. The van der Waals surface area contributed by atoms with Crippen molar-refractivity contribution in [2.24, 2.45) is 0 Å². The summed E-state index contributed by atoms with van der Waals surface area (Å²) >= 11 is 0. The smallest absolute Gasteiger partial charge is 0.130 e. The molecule has 1 rings (SSSR count). The summed E-state index contributed by atoms with van der Waals surface area (Å²) in [5.74, 6) is 0.258. The lowest BCUT2D eigenvalue weighted by molar-refractivity contribution is 0.620. The zero-order valence-corrected chi connectivity index (χ0v) is 9.32. The molecule has 1 heteroatoms. The molecular formula is C13H17F. The highest BCUT2D eigenvalue weighted by Crippen LogP contribution is 2.25. The van der Waals surface area contributed by atoms with E-state index >= 15 is 0 Å². The van der Waals surface area contributed by atoms with E-state index in [-0.39, 0.29) is 5.82 Å². The molecule has 0 heterocycles. The van der Waals surface area contributed by atoms with Crippen molar-refractivity contribution in [3.8, 4) is 0 Å². The van der Waals surface area contributed by atoms with Crippen molar-refractivity contribution in [3.63, 3.8) is 0 Å². The Morgan fingerprint density at radius 3 is 2.36 bits per heavy atom. The Labute approximate surface area is 85.5 Å². The number of hydrogen-bond acceptors (Lipinski definition) is 0. The molecule has 76 valence electrons. The first-order chi connectivity index (χ1) is 6.43. The van der Waals surface area contributed by atoms with Crippen molar-refractivity contribution in [1.29, 1.82) is 0 Å². The van der Waals surface area contributed by atoms with E-state index in [4.69, 9.17) is 0 Å². The molecule has 0 nitrogen and oxygen atoms in total. The molecule has 0 saturated carbocycles. The fraction of sp³-hybridized carbons (Fsp3) is 0.385. The van der Waals surface area contributed by atoms with Gasteiger partial charge in [0.2, 0.25) is 0 Å². The monoisotopic (exact) mass is 192 g/mol. The van der Waals surface area contributed by atoms with Crippen LogP contribution in [0, 0.1) is 12.7 Å². The van der Waals surface area contributed by atoms with Crippen molar-refractivity contribution in [2.75, 3.05) is 0 Å². The van der Waals surface area contributed by atoms with E-state index < -0.39 is 0 Å². The van der Waals surface area contributed by atoms with Gasteiger partial charge in [0.1, 0.15) is 5.82 Å². The van der Waals surface area contributed by atoms with Crippen molar-refractivity contribution in [2.45, 2.75) is 33.6 Å².